The normalized spacial score (nSPS) is 16.5. The molecule has 5 nitrogen and oxygen atoms in total. The molecule has 1 aliphatic heterocycles. The van der Waals surface area contributed by atoms with Gasteiger partial charge in [0.15, 0.2) is 0 Å². The van der Waals surface area contributed by atoms with Gasteiger partial charge in [-0.15, -0.1) is 0 Å². The molecule has 23 heavy (non-hydrogen) atoms. The fourth-order valence-electron chi connectivity index (χ4n) is 2.14. The van der Waals surface area contributed by atoms with Crippen molar-refractivity contribution >= 4 is 11.9 Å². The van der Waals surface area contributed by atoms with Gasteiger partial charge in [0.25, 0.3) is 0 Å². The minimum atomic E-state index is -4.49. The van der Waals surface area contributed by atoms with E-state index < -0.39 is 11.9 Å². The second-order valence-electron chi connectivity index (χ2n) is 4.94. The topological polar surface area (TPSA) is 49.3 Å². The van der Waals surface area contributed by atoms with Gasteiger partial charge in [0, 0.05) is 38.5 Å². The fraction of sp³-hybridized carbons (Fsp3) is 0.400. The van der Waals surface area contributed by atoms with Crippen molar-refractivity contribution in [3.63, 3.8) is 0 Å². The summed E-state index contributed by atoms with van der Waals surface area (Å²) in [5.74, 6) is -0.0795. The van der Waals surface area contributed by atoms with Crippen molar-refractivity contribution in [3.05, 3.63) is 42.3 Å². The number of aromatic nitrogens is 2. The van der Waals surface area contributed by atoms with Gasteiger partial charge < -0.3 is 9.80 Å². The Balaban J connectivity index is 1.98. The van der Waals surface area contributed by atoms with Crippen molar-refractivity contribution in [1.82, 2.24) is 14.9 Å². The highest BCUT2D eigenvalue weighted by atomic mass is 19.4. The Morgan fingerprint density at radius 3 is 2.52 bits per heavy atom. The molecule has 1 aromatic rings. The maximum atomic E-state index is 12.7. The van der Waals surface area contributed by atoms with E-state index in [-0.39, 0.29) is 11.9 Å². The first kappa shape index (κ1) is 17.0. The minimum Gasteiger partial charge on any atom is -0.337 e. The van der Waals surface area contributed by atoms with Crippen LogP contribution >= 0.6 is 0 Å². The highest BCUT2D eigenvalue weighted by molar-refractivity contribution is 5.88. The third kappa shape index (κ3) is 4.54. The van der Waals surface area contributed by atoms with Gasteiger partial charge in [-0.25, -0.2) is 9.97 Å². The van der Waals surface area contributed by atoms with Crippen LogP contribution in [0.3, 0.4) is 0 Å². The molecule has 0 radical (unpaired) electrons. The predicted molar refractivity (Wildman–Crippen MR) is 79.8 cm³/mol. The second kappa shape index (κ2) is 7.26. The Bertz CT molecular complexity index is 605. The monoisotopic (exact) mass is 326 g/mol. The minimum absolute atomic E-state index is 0.0383. The SMILES string of the molecule is C/C=C/C=C/C(=O)N1CCN(c2nccc(C(F)(F)F)n2)CC1. The molecule has 0 atom stereocenters. The van der Waals surface area contributed by atoms with E-state index in [4.69, 9.17) is 0 Å². The number of piperazine rings is 1. The fourth-order valence-corrected chi connectivity index (χ4v) is 2.14. The quantitative estimate of drug-likeness (QED) is 0.632. The van der Waals surface area contributed by atoms with Crippen LogP contribution in [-0.4, -0.2) is 47.0 Å². The average Bonchev–Trinajstić information content (AvgIpc) is 2.54. The number of nitrogens with zero attached hydrogens (tertiary/aromatic N) is 4. The number of allylic oxidation sites excluding steroid dienone is 3. The van der Waals surface area contributed by atoms with Crippen molar-refractivity contribution in [2.75, 3.05) is 31.1 Å². The van der Waals surface area contributed by atoms with Crippen molar-refractivity contribution < 1.29 is 18.0 Å². The van der Waals surface area contributed by atoms with Gasteiger partial charge in [0.1, 0.15) is 5.69 Å². The first-order valence-corrected chi connectivity index (χ1v) is 7.15. The molecule has 1 amide bonds. The highest BCUT2D eigenvalue weighted by Gasteiger charge is 2.33. The molecule has 0 saturated carbocycles. The number of rotatable bonds is 3. The van der Waals surface area contributed by atoms with E-state index in [1.807, 2.05) is 13.0 Å². The van der Waals surface area contributed by atoms with Crippen LogP contribution in [-0.2, 0) is 11.0 Å². The number of hydrogen-bond acceptors (Lipinski definition) is 4. The van der Waals surface area contributed by atoms with Gasteiger partial charge in [0.05, 0.1) is 0 Å². The zero-order chi connectivity index (χ0) is 16.9. The molecule has 0 N–H and O–H groups in total. The molecule has 1 aliphatic rings. The van der Waals surface area contributed by atoms with Crippen LogP contribution in [0, 0.1) is 0 Å². The maximum absolute atomic E-state index is 12.7. The largest absolute Gasteiger partial charge is 0.433 e. The lowest BCUT2D eigenvalue weighted by atomic mass is 10.3. The summed E-state index contributed by atoms with van der Waals surface area (Å²) in [7, 11) is 0. The van der Waals surface area contributed by atoms with Gasteiger partial charge in [-0.2, -0.15) is 13.2 Å². The summed E-state index contributed by atoms with van der Waals surface area (Å²) in [6.45, 7) is 3.47. The number of hydrogen-bond donors (Lipinski definition) is 0. The molecule has 1 aromatic heterocycles. The van der Waals surface area contributed by atoms with Crippen LogP contribution in [0.5, 0.6) is 0 Å². The molecule has 1 saturated heterocycles. The third-order valence-electron chi connectivity index (χ3n) is 3.35. The van der Waals surface area contributed by atoms with E-state index in [1.165, 1.54) is 6.08 Å². The molecule has 0 spiro atoms. The van der Waals surface area contributed by atoms with Crippen molar-refractivity contribution in [2.24, 2.45) is 0 Å². The van der Waals surface area contributed by atoms with E-state index in [9.17, 15) is 18.0 Å². The Kier molecular flexibility index (Phi) is 5.36. The lowest BCUT2D eigenvalue weighted by molar-refractivity contribution is -0.141. The van der Waals surface area contributed by atoms with Gasteiger partial charge in [-0.3, -0.25) is 4.79 Å². The summed E-state index contributed by atoms with van der Waals surface area (Å²) in [5, 5.41) is 0. The Labute approximate surface area is 132 Å². The van der Waals surface area contributed by atoms with E-state index in [2.05, 4.69) is 9.97 Å². The molecule has 1 fully saturated rings. The lowest BCUT2D eigenvalue weighted by Crippen LogP contribution is -2.49. The highest BCUT2D eigenvalue weighted by Crippen LogP contribution is 2.28. The Morgan fingerprint density at radius 2 is 1.91 bits per heavy atom. The standard InChI is InChI=1S/C15H17F3N4O/c1-2-3-4-5-13(23)21-8-10-22(11-9-21)14-19-7-6-12(20-14)15(16,17)18/h2-7H,8-11H2,1H3/b3-2+,5-4+. The number of halogens is 3. The molecule has 2 heterocycles. The number of amides is 1. The first-order chi connectivity index (χ1) is 10.9. The van der Waals surface area contributed by atoms with Gasteiger partial charge in [-0.1, -0.05) is 18.2 Å². The summed E-state index contributed by atoms with van der Waals surface area (Å²) in [6, 6.07) is 0.843. The van der Waals surface area contributed by atoms with Crippen LogP contribution in [0.1, 0.15) is 12.6 Å². The average molecular weight is 326 g/mol. The van der Waals surface area contributed by atoms with E-state index in [0.717, 1.165) is 12.3 Å². The third-order valence-corrected chi connectivity index (χ3v) is 3.35. The van der Waals surface area contributed by atoms with Gasteiger partial charge >= 0.3 is 6.18 Å². The summed E-state index contributed by atoms with van der Waals surface area (Å²) in [6.07, 6.45) is 3.30. The van der Waals surface area contributed by atoms with Crippen molar-refractivity contribution in [3.8, 4) is 0 Å². The molecule has 0 unspecified atom stereocenters. The summed E-state index contributed by atoms with van der Waals surface area (Å²) >= 11 is 0. The first-order valence-electron chi connectivity index (χ1n) is 7.15. The zero-order valence-corrected chi connectivity index (χ0v) is 12.6. The summed E-state index contributed by atoms with van der Waals surface area (Å²) in [5.41, 5.74) is -0.963. The van der Waals surface area contributed by atoms with Crippen LogP contribution in [0.15, 0.2) is 36.6 Å². The molecule has 0 aliphatic carbocycles. The molecule has 124 valence electrons. The van der Waals surface area contributed by atoms with Crippen molar-refractivity contribution in [2.45, 2.75) is 13.1 Å². The molecule has 0 bridgehead atoms. The number of anilines is 1. The van der Waals surface area contributed by atoms with Crippen LogP contribution in [0.25, 0.3) is 0 Å². The number of carbonyl (C=O) groups excluding carboxylic acids is 1. The zero-order valence-electron chi connectivity index (χ0n) is 12.6. The van der Waals surface area contributed by atoms with E-state index >= 15 is 0 Å². The lowest BCUT2D eigenvalue weighted by Gasteiger charge is -2.34. The molecule has 8 heteroatoms. The molecular weight excluding hydrogens is 309 g/mol. The smallest absolute Gasteiger partial charge is 0.337 e. The van der Waals surface area contributed by atoms with Crippen LogP contribution in [0.4, 0.5) is 19.1 Å². The van der Waals surface area contributed by atoms with Crippen LogP contribution < -0.4 is 4.90 Å². The Morgan fingerprint density at radius 1 is 1.22 bits per heavy atom. The molecule has 2 rings (SSSR count). The van der Waals surface area contributed by atoms with Crippen molar-refractivity contribution in [1.29, 1.82) is 0 Å². The number of carbonyl (C=O) groups is 1. The number of alkyl halides is 3. The van der Waals surface area contributed by atoms with Gasteiger partial charge in [0.2, 0.25) is 11.9 Å². The van der Waals surface area contributed by atoms with Gasteiger partial charge in [-0.05, 0) is 13.0 Å². The Hall–Kier alpha value is -2.38. The maximum Gasteiger partial charge on any atom is 0.433 e. The second-order valence-corrected chi connectivity index (χ2v) is 4.94. The van der Waals surface area contributed by atoms with Crippen LogP contribution in [0.2, 0.25) is 0 Å². The summed E-state index contributed by atoms with van der Waals surface area (Å²) < 4.78 is 38.0. The predicted octanol–water partition coefficient (Wildman–Crippen LogP) is 2.28. The van der Waals surface area contributed by atoms with E-state index in [0.29, 0.717) is 26.2 Å². The van der Waals surface area contributed by atoms with E-state index in [1.54, 1.807) is 22.0 Å². The molecule has 0 aromatic carbocycles. The summed E-state index contributed by atoms with van der Waals surface area (Å²) in [4.78, 5) is 22.7. The molecular formula is C15H17F3N4O.